The standard InChI is InChI=1S/C19H19N3O5/c23-18(20-12-13-4-3-5-15(10-13)19(24)25)14-6-7-16(17(11-14)22(26)27)21-8-1-2-9-21/h3-7,10-11H,1-2,8-9,12H2,(H,20,23)(H,24,25). The summed E-state index contributed by atoms with van der Waals surface area (Å²) in [4.78, 5) is 36.3. The lowest BCUT2D eigenvalue weighted by Gasteiger charge is -2.17. The van der Waals surface area contributed by atoms with E-state index in [1.807, 2.05) is 4.90 Å². The molecule has 0 radical (unpaired) electrons. The molecule has 8 heteroatoms. The zero-order valence-electron chi connectivity index (χ0n) is 14.6. The number of nitro benzene ring substituents is 1. The maximum Gasteiger partial charge on any atom is 0.335 e. The van der Waals surface area contributed by atoms with Crippen molar-refractivity contribution in [2.75, 3.05) is 18.0 Å². The van der Waals surface area contributed by atoms with Crippen molar-refractivity contribution in [1.29, 1.82) is 0 Å². The van der Waals surface area contributed by atoms with Gasteiger partial charge >= 0.3 is 5.97 Å². The Hall–Kier alpha value is -3.42. The van der Waals surface area contributed by atoms with Gasteiger partial charge in [-0.15, -0.1) is 0 Å². The van der Waals surface area contributed by atoms with Crippen molar-refractivity contribution in [3.05, 3.63) is 69.3 Å². The van der Waals surface area contributed by atoms with Crippen LogP contribution in [0.25, 0.3) is 0 Å². The molecule has 2 aromatic carbocycles. The second kappa shape index (κ2) is 7.86. The van der Waals surface area contributed by atoms with Gasteiger partial charge < -0.3 is 15.3 Å². The highest BCUT2D eigenvalue weighted by Crippen LogP contribution is 2.31. The monoisotopic (exact) mass is 369 g/mol. The highest BCUT2D eigenvalue weighted by molar-refractivity contribution is 5.95. The van der Waals surface area contributed by atoms with Crippen molar-refractivity contribution < 1.29 is 19.6 Å². The van der Waals surface area contributed by atoms with Gasteiger partial charge in [-0.05, 0) is 42.7 Å². The number of rotatable bonds is 6. The number of hydrogen-bond donors (Lipinski definition) is 2. The number of carboxylic acid groups (broad SMARTS) is 1. The molecule has 1 aliphatic heterocycles. The normalized spacial score (nSPS) is 13.4. The summed E-state index contributed by atoms with van der Waals surface area (Å²) in [6.07, 6.45) is 1.99. The molecule has 0 aliphatic carbocycles. The molecule has 0 unspecified atom stereocenters. The molecule has 1 heterocycles. The predicted octanol–water partition coefficient (Wildman–Crippen LogP) is 2.82. The first kappa shape index (κ1) is 18.4. The van der Waals surface area contributed by atoms with Crippen molar-refractivity contribution in [1.82, 2.24) is 5.32 Å². The minimum Gasteiger partial charge on any atom is -0.478 e. The van der Waals surface area contributed by atoms with Crippen molar-refractivity contribution in [3.8, 4) is 0 Å². The predicted molar refractivity (Wildman–Crippen MR) is 99.1 cm³/mol. The lowest BCUT2D eigenvalue weighted by Crippen LogP contribution is -2.24. The maximum atomic E-state index is 12.4. The average molecular weight is 369 g/mol. The Bertz CT molecular complexity index is 891. The van der Waals surface area contributed by atoms with E-state index in [9.17, 15) is 19.7 Å². The zero-order chi connectivity index (χ0) is 19.4. The summed E-state index contributed by atoms with van der Waals surface area (Å²) >= 11 is 0. The first-order valence-corrected chi connectivity index (χ1v) is 8.59. The Morgan fingerprint density at radius 3 is 2.52 bits per heavy atom. The molecule has 0 saturated carbocycles. The fraction of sp³-hybridized carbons (Fsp3) is 0.263. The van der Waals surface area contributed by atoms with Crippen LogP contribution in [0.5, 0.6) is 0 Å². The van der Waals surface area contributed by atoms with Gasteiger partial charge in [0, 0.05) is 31.3 Å². The molecule has 3 rings (SSSR count). The number of carbonyl (C=O) groups excluding carboxylic acids is 1. The summed E-state index contributed by atoms with van der Waals surface area (Å²) in [5.41, 5.74) is 1.40. The third kappa shape index (κ3) is 4.22. The van der Waals surface area contributed by atoms with Crippen molar-refractivity contribution >= 4 is 23.3 Å². The molecule has 0 bridgehead atoms. The van der Waals surface area contributed by atoms with Crippen LogP contribution in [0, 0.1) is 10.1 Å². The second-order valence-electron chi connectivity index (χ2n) is 6.34. The van der Waals surface area contributed by atoms with Gasteiger partial charge in [0.1, 0.15) is 5.69 Å². The molecule has 1 fully saturated rings. The summed E-state index contributed by atoms with van der Waals surface area (Å²) in [5.74, 6) is -1.50. The van der Waals surface area contributed by atoms with Crippen LogP contribution in [0.2, 0.25) is 0 Å². The third-order valence-corrected chi connectivity index (χ3v) is 4.51. The van der Waals surface area contributed by atoms with E-state index in [0.717, 1.165) is 25.9 Å². The number of carboxylic acids is 1. The molecule has 1 amide bonds. The van der Waals surface area contributed by atoms with Gasteiger partial charge in [-0.25, -0.2) is 4.79 Å². The van der Waals surface area contributed by atoms with Crippen LogP contribution in [-0.4, -0.2) is 35.0 Å². The molecule has 1 aliphatic rings. The third-order valence-electron chi connectivity index (χ3n) is 4.51. The largest absolute Gasteiger partial charge is 0.478 e. The van der Waals surface area contributed by atoms with Gasteiger partial charge in [0.25, 0.3) is 11.6 Å². The van der Waals surface area contributed by atoms with Crippen LogP contribution in [0.4, 0.5) is 11.4 Å². The lowest BCUT2D eigenvalue weighted by atomic mass is 10.1. The summed E-state index contributed by atoms with van der Waals surface area (Å²) < 4.78 is 0. The topological polar surface area (TPSA) is 113 Å². The Labute approximate surface area is 155 Å². The minimum atomic E-state index is -1.05. The average Bonchev–Trinajstić information content (AvgIpc) is 3.20. The van der Waals surface area contributed by atoms with Crippen LogP contribution >= 0.6 is 0 Å². The lowest BCUT2D eigenvalue weighted by molar-refractivity contribution is -0.384. The number of hydrogen-bond acceptors (Lipinski definition) is 5. The number of anilines is 1. The Kier molecular flexibility index (Phi) is 5.35. The van der Waals surface area contributed by atoms with E-state index in [0.29, 0.717) is 11.3 Å². The first-order valence-electron chi connectivity index (χ1n) is 8.59. The molecule has 8 nitrogen and oxygen atoms in total. The molecule has 1 saturated heterocycles. The van der Waals surface area contributed by atoms with E-state index in [-0.39, 0.29) is 23.4 Å². The number of benzene rings is 2. The Balaban J connectivity index is 1.74. The SMILES string of the molecule is O=C(O)c1cccc(CNC(=O)c2ccc(N3CCCC3)c([N+](=O)[O-])c2)c1. The minimum absolute atomic E-state index is 0.0857. The molecule has 2 N–H and O–H groups in total. The fourth-order valence-electron chi connectivity index (χ4n) is 3.14. The number of carbonyl (C=O) groups is 2. The summed E-state index contributed by atoms with van der Waals surface area (Å²) in [7, 11) is 0. The molecular weight excluding hydrogens is 350 g/mol. The van der Waals surface area contributed by atoms with Crippen LogP contribution < -0.4 is 10.2 Å². The molecule has 2 aromatic rings. The molecule has 0 aromatic heterocycles. The van der Waals surface area contributed by atoms with Crippen LogP contribution in [0.3, 0.4) is 0 Å². The van der Waals surface area contributed by atoms with E-state index in [1.165, 1.54) is 18.2 Å². The highest BCUT2D eigenvalue weighted by Gasteiger charge is 2.23. The number of aromatic carboxylic acids is 1. The van der Waals surface area contributed by atoms with E-state index in [4.69, 9.17) is 5.11 Å². The molecule has 140 valence electrons. The van der Waals surface area contributed by atoms with E-state index in [1.54, 1.807) is 24.3 Å². The van der Waals surface area contributed by atoms with Gasteiger partial charge in [0.2, 0.25) is 0 Å². The van der Waals surface area contributed by atoms with Crippen LogP contribution in [0.15, 0.2) is 42.5 Å². The smallest absolute Gasteiger partial charge is 0.335 e. The molecule has 0 atom stereocenters. The summed E-state index contributed by atoms with van der Waals surface area (Å²) in [6.45, 7) is 1.67. The molecular formula is C19H19N3O5. The van der Waals surface area contributed by atoms with E-state index < -0.39 is 16.8 Å². The summed E-state index contributed by atoms with van der Waals surface area (Å²) in [5, 5.41) is 23.1. The number of nitrogens with one attached hydrogen (secondary N) is 1. The Morgan fingerprint density at radius 2 is 1.85 bits per heavy atom. The van der Waals surface area contributed by atoms with Gasteiger partial charge in [-0.2, -0.15) is 0 Å². The zero-order valence-corrected chi connectivity index (χ0v) is 14.6. The first-order chi connectivity index (χ1) is 13.0. The van der Waals surface area contributed by atoms with Gasteiger partial charge in [0.15, 0.2) is 0 Å². The summed E-state index contributed by atoms with van der Waals surface area (Å²) in [6, 6.07) is 10.7. The van der Waals surface area contributed by atoms with Crippen molar-refractivity contribution in [2.45, 2.75) is 19.4 Å². The molecule has 0 spiro atoms. The van der Waals surface area contributed by atoms with Gasteiger partial charge in [0.05, 0.1) is 10.5 Å². The highest BCUT2D eigenvalue weighted by atomic mass is 16.6. The van der Waals surface area contributed by atoms with Crippen molar-refractivity contribution in [2.24, 2.45) is 0 Å². The second-order valence-corrected chi connectivity index (χ2v) is 6.34. The number of nitrogens with zero attached hydrogens (tertiary/aromatic N) is 2. The number of nitro groups is 1. The van der Waals surface area contributed by atoms with Gasteiger partial charge in [-0.3, -0.25) is 14.9 Å². The maximum absolute atomic E-state index is 12.4. The Morgan fingerprint density at radius 1 is 1.11 bits per heavy atom. The number of amides is 1. The van der Waals surface area contributed by atoms with Crippen LogP contribution in [0.1, 0.15) is 39.1 Å². The van der Waals surface area contributed by atoms with Crippen molar-refractivity contribution in [3.63, 3.8) is 0 Å². The molecule has 27 heavy (non-hydrogen) atoms. The fourth-order valence-corrected chi connectivity index (χ4v) is 3.14. The van der Waals surface area contributed by atoms with Crippen LogP contribution in [-0.2, 0) is 6.54 Å². The quantitative estimate of drug-likeness (QED) is 0.598. The van der Waals surface area contributed by atoms with E-state index >= 15 is 0 Å². The van der Waals surface area contributed by atoms with E-state index in [2.05, 4.69) is 5.32 Å². The van der Waals surface area contributed by atoms with Gasteiger partial charge in [-0.1, -0.05) is 12.1 Å².